The molecular weight excluding hydrogens is 274 g/mol. The number of rotatable bonds is 5. The molecule has 0 saturated carbocycles. The van der Waals surface area contributed by atoms with Crippen molar-refractivity contribution in [3.63, 3.8) is 0 Å². The van der Waals surface area contributed by atoms with Gasteiger partial charge in [0.1, 0.15) is 4.90 Å². The van der Waals surface area contributed by atoms with Gasteiger partial charge in [-0.05, 0) is 17.7 Å². The normalized spacial score (nSPS) is 12.7. The molecule has 0 aliphatic carbocycles. The van der Waals surface area contributed by atoms with Crippen molar-refractivity contribution in [2.75, 3.05) is 5.32 Å². The molecule has 104 valence electrons. The third kappa shape index (κ3) is 3.26. The summed E-state index contributed by atoms with van der Waals surface area (Å²) in [6.45, 7) is 3.75. The Hall–Kier alpha value is -2.11. The summed E-state index contributed by atoms with van der Waals surface area (Å²) in [6.07, 6.45) is 1.68. The van der Waals surface area contributed by atoms with Crippen molar-refractivity contribution in [1.82, 2.24) is 0 Å². The summed E-state index contributed by atoms with van der Waals surface area (Å²) in [4.78, 5) is -0.150. The van der Waals surface area contributed by atoms with E-state index < -0.39 is 10.1 Å². The lowest BCUT2D eigenvalue weighted by atomic mass is 10.1. The molecule has 1 atom stereocenters. The molecule has 0 bridgehead atoms. The van der Waals surface area contributed by atoms with Crippen molar-refractivity contribution in [2.45, 2.75) is 10.9 Å². The number of anilines is 1. The molecule has 0 amide bonds. The SMILES string of the molecule is C=CC(Nc1ccccc1S(=O)(=O)O)c1ccccc1. The van der Waals surface area contributed by atoms with Crippen molar-refractivity contribution < 1.29 is 13.0 Å². The Morgan fingerprint density at radius 2 is 1.65 bits per heavy atom. The lowest BCUT2D eigenvalue weighted by Crippen LogP contribution is -2.11. The van der Waals surface area contributed by atoms with E-state index in [1.807, 2.05) is 30.3 Å². The molecule has 2 aromatic carbocycles. The van der Waals surface area contributed by atoms with Crippen molar-refractivity contribution >= 4 is 15.8 Å². The van der Waals surface area contributed by atoms with Crippen LogP contribution in [0.3, 0.4) is 0 Å². The molecule has 5 heteroatoms. The van der Waals surface area contributed by atoms with Crippen LogP contribution in [-0.4, -0.2) is 13.0 Å². The number of nitrogens with one attached hydrogen (secondary N) is 1. The molecule has 2 aromatic rings. The first-order valence-corrected chi connectivity index (χ1v) is 7.47. The van der Waals surface area contributed by atoms with E-state index in [1.54, 1.807) is 24.3 Å². The second-order valence-corrected chi connectivity index (χ2v) is 5.63. The highest BCUT2D eigenvalue weighted by atomic mass is 32.2. The summed E-state index contributed by atoms with van der Waals surface area (Å²) < 4.78 is 31.9. The molecule has 4 nitrogen and oxygen atoms in total. The largest absolute Gasteiger partial charge is 0.374 e. The molecule has 0 aromatic heterocycles. The van der Waals surface area contributed by atoms with Crippen LogP contribution in [0.1, 0.15) is 11.6 Å². The van der Waals surface area contributed by atoms with E-state index in [4.69, 9.17) is 0 Å². The Bertz CT molecular complexity index is 696. The van der Waals surface area contributed by atoms with E-state index in [1.165, 1.54) is 6.07 Å². The maximum absolute atomic E-state index is 11.3. The van der Waals surface area contributed by atoms with Gasteiger partial charge in [0.25, 0.3) is 10.1 Å². The maximum atomic E-state index is 11.3. The van der Waals surface area contributed by atoms with Crippen LogP contribution in [0.2, 0.25) is 0 Å². The first-order valence-electron chi connectivity index (χ1n) is 6.03. The molecule has 0 radical (unpaired) electrons. The van der Waals surface area contributed by atoms with Gasteiger partial charge in [-0.15, -0.1) is 6.58 Å². The lowest BCUT2D eigenvalue weighted by molar-refractivity contribution is 0.483. The highest BCUT2D eigenvalue weighted by Gasteiger charge is 2.16. The molecule has 20 heavy (non-hydrogen) atoms. The third-order valence-corrected chi connectivity index (χ3v) is 3.78. The topological polar surface area (TPSA) is 66.4 Å². The minimum absolute atomic E-state index is 0.150. The van der Waals surface area contributed by atoms with Gasteiger partial charge in [-0.2, -0.15) is 8.42 Å². The van der Waals surface area contributed by atoms with Gasteiger partial charge in [0.2, 0.25) is 0 Å². The van der Waals surface area contributed by atoms with Crippen LogP contribution < -0.4 is 5.32 Å². The highest BCUT2D eigenvalue weighted by molar-refractivity contribution is 7.86. The summed E-state index contributed by atoms with van der Waals surface area (Å²) >= 11 is 0. The van der Waals surface area contributed by atoms with E-state index in [9.17, 15) is 13.0 Å². The summed E-state index contributed by atoms with van der Waals surface area (Å²) in [5.74, 6) is 0. The van der Waals surface area contributed by atoms with Gasteiger partial charge in [-0.25, -0.2) is 0 Å². The van der Waals surface area contributed by atoms with Crippen LogP contribution in [-0.2, 0) is 10.1 Å². The van der Waals surface area contributed by atoms with Gasteiger partial charge in [0.05, 0.1) is 11.7 Å². The Morgan fingerprint density at radius 3 is 2.25 bits per heavy atom. The molecule has 0 fully saturated rings. The van der Waals surface area contributed by atoms with E-state index in [0.29, 0.717) is 5.69 Å². The van der Waals surface area contributed by atoms with Crippen LogP contribution in [0.4, 0.5) is 5.69 Å². The summed E-state index contributed by atoms with van der Waals surface area (Å²) in [5, 5.41) is 3.06. The Morgan fingerprint density at radius 1 is 1.05 bits per heavy atom. The number of benzene rings is 2. The van der Waals surface area contributed by atoms with Crippen LogP contribution in [0.25, 0.3) is 0 Å². The monoisotopic (exact) mass is 289 g/mol. The standard InChI is InChI=1S/C15H15NO3S/c1-2-13(12-8-4-3-5-9-12)16-14-10-6-7-11-15(14)20(17,18)19/h2-11,13,16H,1H2,(H,17,18,19). The third-order valence-electron chi connectivity index (χ3n) is 2.87. The molecule has 0 aliphatic heterocycles. The second-order valence-electron chi connectivity index (χ2n) is 4.24. The van der Waals surface area contributed by atoms with E-state index in [-0.39, 0.29) is 10.9 Å². The van der Waals surface area contributed by atoms with Gasteiger partial charge in [-0.3, -0.25) is 4.55 Å². The molecule has 0 spiro atoms. The number of para-hydroxylation sites is 1. The molecule has 0 aliphatic rings. The molecular formula is C15H15NO3S. The Labute approximate surface area is 118 Å². The average Bonchev–Trinajstić information content (AvgIpc) is 2.45. The van der Waals surface area contributed by atoms with Gasteiger partial charge in [-0.1, -0.05) is 48.5 Å². The lowest BCUT2D eigenvalue weighted by Gasteiger charge is -2.18. The van der Waals surface area contributed by atoms with Crippen molar-refractivity contribution in [3.8, 4) is 0 Å². The fourth-order valence-electron chi connectivity index (χ4n) is 1.92. The predicted octanol–water partition coefficient (Wildman–Crippen LogP) is 3.27. The van der Waals surface area contributed by atoms with Gasteiger partial charge < -0.3 is 5.32 Å². The van der Waals surface area contributed by atoms with Crippen molar-refractivity contribution in [2.24, 2.45) is 0 Å². The average molecular weight is 289 g/mol. The molecule has 0 saturated heterocycles. The smallest absolute Gasteiger partial charge is 0.296 e. The number of hydrogen-bond donors (Lipinski definition) is 2. The fraction of sp³-hybridized carbons (Fsp3) is 0.0667. The Balaban J connectivity index is 2.37. The maximum Gasteiger partial charge on any atom is 0.296 e. The summed E-state index contributed by atoms with van der Waals surface area (Å²) in [6, 6.07) is 15.5. The summed E-state index contributed by atoms with van der Waals surface area (Å²) in [7, 11) is -4.27. The summed E-state index contributed by atoms with van der Waals surface area (Å²) in [5.41, 5.74) is 1.29. The van der Waals surface area contributed by atoms with Crippen LogP contribution >= 0.6 is 0 Å². The van der Waals surface area contributed by atoms with E-state index in [2.05, 4.69) is 11.9 Å². The first kappa shape index (κ1) is 14.3. The molecule has 2 N–H and O–H groups in total. The minimum atomic E-state index is -4.27. The van der Waals surface area contributed by atoms with Crippen LogP contribution in [0, 0.1) is 0 Å². The van der Waals surface area contributed by atoms with E-state index in [0.717, 1.165) is 5.56 Å². The minimum Gasteiger partial charge on any atom is -0.374 e. The molecule has 0 heterocycles. The van der Waals surface area contributed by atoms with Crippen LogP contribution in [0.15, 0.2) is 72.1 Å². The highest BCUT2D eigenvalue weighted by Crippen LogP contribution is 2.26. The molecule has 1 unspecified atom stereocenters. The number of hydrogen-bond acceptors (Lipinski definition) is 3. The van der Waals surface area contributed by atoms with Gasteiger partial charge in [0.15, 0.2) is 0 Å². The molecule has 2 rings (SSSR count). The van der Waals surface area contributed by atoms with Gasteiger partial charge >= 0.3 is 0 Å². The second kappa shape index (κ2) is 5.90. The fourth-order valence-corrected chi connectivity index (χ4v) is 2.57. The van der Waals surface area contributed by atoms with Gasteiger partial charge in [0, 0.05) is 0 Å². The zero-order chi connectivity index (χ0) is 14.6. The van der Waals surface area contributed by atoms with Crippen molar-refractivity contribution in [3.05, 3.63) is 72.8 Å². The van der Waals surface area contributed by atoms with Crippen molar-refractivity contribution in [1.29, 1.82) is 0 Å². The first-order chi connectivity index (χ1) is 9.52. The van der Waals surface area contributed by atoms with Crippen LogP contribution in [0.5, 0.6) is 0 Å². The van der Waals surface area contributed by atoms with E-state index >= 15 is 0 Å². The zero-order valence-corrected chi connectivity index (χ0v) is 11.5. The predicted molar refractivity (Wildman–Crippen MR) is 79.3 cm³/mol. The Kier molecular flexibility index (Phi) is 4.22. The zero-order valence-electron chi connectivity index (χ0n) is 10.7. The quantitative estimate of drug-likeness (QED) is 0.655.